The molecule has 28 heavy (non-hydrogen) atoms. The molecule has 2 heterocycles. The highest BCUT2D eigenvalue weighted by atomic mass is 32.1. The molecule has 0 aliphatic carbocycles. The van der Waals surface area contributed by atoms with Crippen molar-refractivity contribution >= 4 is 34.3 Å². The van der Waals surface area contributed by atoms with Gasteiger partial charge in [-0.1, -0.05) is 18.2 Å². The third-order valence-corrected chi connectivity index (χ3v) is 5.67. The van der Waals surface area contributed by atoms with Crippen LogP contribution >= 0.6 is 11.3 Å². The van der Waals surface area contributed by atoms with Crippen LogP contribution in [0.25, 0.3) is 6.08 Å². The molecule has 1 aliphatic heterocycles. The monoisotopic (exact) mass is 397 g/mol. The maximum absolute atomic E-state index is 12.4. The van der Waals surface area contributed by atoms with Crippen molar-refractivity contribution < 1.29 is 19.1 Å². The maximum atomic E-state index is 12.4. The van der Waals surface area contributed by atoms with Crippen LogP contribution in [0.3, 0.4) is 0 Å². The molecule has 1 unspecified atom stereocenters. The number of thiophene rings is 1. The first-order chi connectivity index (χ1) is 13.4. The Morgan fingerprint density at radius 1 is 1.29 bits per heavy atom. The topological polar surface area (TPSA) is 64.6 Å². The molecule has 1 atom stereocenters. The Bertz CT molecular complexity index is 971. The number of anilines is 1. The molecule has 1 amide bonds. The Morgan fingerprint density at radius 3 is 2.79 bits per heavy atom. The average molecular weight is 397 g/mol. The molecule has 5 nitrogen and oxygen atoms in total. The van der Waals surface area contributed by atoms with E-state index in [1.807, 2.05) is 51.1 Å². The Hall–Kier alpha value is -2.86. The number of fused-ring (bicyclic) bond motifs is 1. The molecule has 1 aromatic heterocycles. The fourth-order valence-electron chi connectivity index (χ4n) is 2.94. The highest BCUT2D eigenvalue weighted by Crippen LogP contribution is 2.33. The maximum Gasteiger partial charge on any atom is 0.341 e. The van der Waals surface area contributed by atoms with Crippen LogP contribution < -0.4 is 10.1 Å². The summed E-state index contributed by atoms with van der Waals surface area (Å²) in [5.41, 5.74) is 3.14. The minimum absolute atomic E-state index is 0.153. The van der Waals surface area contributed by atoms with Crippen LogP contribution in [0.4, 0.5) is 5.00 Å². The first-order valence-corrected chi connectivity index (χ1v) is 9.95. The molecule has 1 aliphatic rings. The van der Waals surface area contributed by atoms with E-state index < -0.39 is 5.97 Å². The molecule has 0 fully saturated rings. The first kappa shape index (κ1) is 19.9. The Balaban J connectivity index is 1.77. The summed E-state index contributed by atoms with van der Waals surface area (Å²) in [6.45, 7) is 7.75. The van der Waals surface area contributed by atoms with E-state index in [1.54, 1.807) is 13.0 Å². The van der Waals surface area contributed by atoms with Crippen LogP contribution in [0.1, 0.15) is 40.2 Å². The third kappa shape index (κ3) is 4.17. The van der Waals surface area contributed by atoms with Gasteiger partial charge in [0, 0.05) is 16.5 Å². The largest absolute Gasteiger partial charge is 0.485 e. The number of ether oxygens (including phenoxy) is 2. The number of benzene rings is 1. The van der Waals surface area contributed by atoms with Gasteiger partial charge in [-0.2, -0.15) is 0 Å². The third-order valence-electron chi connectivity index (χ3n) is 4.54. The smallest absolute Gasteiger partial charge is 0.341 e. The number of carbonyl (C=O) groups is 2. The van der Waals surface area contributed by atoms with E-state index >= 15 is 0 Å². The number of hydrogen-bond acceptors (Lipinski definition) is 5. The zero-order chi connectivity index (χ0) is 20.3. The second-order valence-electron chi connectivity index (χ2n) is 6.47. The summed E-state index contributed by atoms with van der Waals surface area (Å²) in [5, 5.41) is 3.32. The zero-order valence-corrected chi connectivity index (χ0v) is 17.2. The summed E-state index contributed by atoms with van der Waals surface area (Å²) in [5.74, 6) is 0.108. The minimum Gasteiger partial charge on any atom is -0.485 e. The number of esters is 1. The Morgan fingerprint density at radius 2 is 2.04 bits per heavy atom. The van der Waals surface area contributed by atoms with Gasteiger partial charge in [0.1, 0.15) is 16.9 Å². The second-order valence-corrected chi connectivity index (χ2v) is 7.70. The molecule has 1 aromatic carbocycles. The standard InChI is InChI=1S/C22H23NO4S/c1-5-26-22(25)20-13(2)15(4)28-21(20)23-19(24)11-10-16-12-17-8-6-7-9-18(17)27-14(16)3/h6-12,14H,5H2,1-4H3,(H,23,24). The zero-order valence-electron chi connectivity index (χ0n) is 16.4. The lowest BCUT2D eigenvalue weighted by atomic mass is 10.0. The number of para-hydroxylation sites is 1. The van der Waals surface area contributed by atoms with Gasteiger partial charge in [0.05, 0.1) is 12.2 Å². The van der Waals surface area contributed by atoms with Gasteiger partial charge >= 0.3 is 5.97 Å². The normalized spacial score (nSPS) is 15.6. The van der Waals surface area contributed by atoms with Crippen LogP contribution in [0, 0.1) is 13.8 Å². The van der Waals surface area contributed by atoms with Crippen LogP contribution in [0.5, 0.6) is 5.75 Å². The number of nitrogens with one attached hydrogen (secondary N) is 1. The Labute approximate surface area is 168 Å². The molecule has 0 bridgehead atoms. The number of rotatable bonds is 5. The van der Waals surface area contributed by atoms with Gasteiger partial charge in [0.15, 0.2) is 0 Å². The van der Waals surface area contributed by atoms with E-state index in [-0.39, 0.29) is 18.6 Å². The van der Waals surface area contributed by atoms with Crippen molar-refractivity contribution in [3.05, 3.63) is 63.6 Å². The number of carbonyl (C=O) groups excluding carboxylic acids is 2. The minimum atomic E-state index is -0.419. The predicted molar refractivity (Wildman–Crippen MR) is 112 cm³/mol. The number of amides is 1. The van der Waals surface area contributed by atoms with E-state index in [0.29, 0.717) is 10.6 Å². The number of hydrogen-bond donors (Lipinski definition) is 1. The molecule has 146 valence electrons. The molecule has 0 radical (unpaired) electrons. The number of aryl methyl sites for hydroxylation is 1. The lowest BCUT2D eigenvalue weighted by Gasteiger charge is -2.22. The van der Waals surface area contributed by atoms with Crippen molar-refractivity contribution in [2.45, 2.75) is 33.8 Å². The highest BCUT2D eigenvalue weighted by Gasteiger charge is 2.22. The van der Waals surface area contributed by atoms with Gasteiger partial charge in [0.2, 0.25) is 5.91 Å². The molecule has 0 saturated carbocycles. The highest BCUT2D eigenvalue weighted by molar-refractivity contribution is 7.16. The van der Waals surface area contributed by atoms with E-state index in [9.17, 15) is 9.59 Å². The molecular formula is C22H23NO4S. The van der Waals surface area contributed by atoms with Gasteiger partial charge < -0.3 is 14.8 Å². The van der Waals surface area contributed by atoms with Gasteiger partial charge in [-0.15, -0.1) is 11.3 Å². The summed E-state index contributed by atoms with van der Waals surface area (Å²) >= 11 is 1.37. The van der Waals surface area contributed by atoms with Crippen molar-refractivity contribution in [1.29, 1.82) is 0 Å². The van der Waals surface area contributed by atoms with E-state index in [4.69, 9.17) is 9.47 Å². The average Bonchev–Trinajstić information content (AvgIpc) is 2.93. The lowest BCUT2D eigenvalue weighted by molar-refractivity contribution is -0.111. The van der Waals surface area contributed by atoms with Crippen LogP contribution in [-0.2, 0) is 9.53 Å². The first-order valence-electron chi connectivity index (χ1n) is 9.14. The second kappa shape index (κ2) is 8.44. The van der Waals surface area contributed by atoms with Crippen LogP contribution in [-0.4, -0.2) is 24.6 Å². The van der Waals surface area contributed by atoms with E-state index in [2.05, 4.69) is 5.32 Å². The molecule has 0 spiro atoms. The van der Waals surface area contributed by atoms with E-state index in [1.165, 1.54) is 17.4 Å². The molecule has 1 N–H and O–H groups in total. The Kier molecular flexibility index (Phi) is 5.99. The summed E-state index contributed by atoms with van der Waals surface area (Å²) in [6.07, 6.45) is 5.06. The van der Waals surface area contributed by atoms with Crippen LogP contribution in [0.15, 0.2) is 42.0 Å². The molecule has 3 rings (SSSR count). The van der Waals surface area contributed by atoms with Crippen molar-refractivity contribution in [3.8, 4) is 5.75 Å². The van der Waals surface area contributed by atoms with Gasteiger partial charge in [-0.25, -0.2) is 4.79 Å². The summed E-state index contributed by atoms with van der Waals surface area (Å²) in [7, 11) is 0. The van der Waals surface area contributed by atoms with Crippen molar-refractivity contribution in [2.75, 3.05) is 11.9 Å². The van der Waals surface area contributed by atoms with Gasteiger partial charge in [-0.05, 0) is 57.0 Å². The van der Waals surface area contributed by atoms with Gasteiger partial charge in [-0.3, -0.25) is 4.79 Å². The summed E-state index contributed by atoms with van der Waals surface area (Å²) in [6, 6.07) is 7.77. The van der Waals surface area contributed by atoms with Gasteiger partial charge in [0.25, 0.3) is 0 Å². The molecule has 2 aromatic rings. The summed E-state index contributed by atoms with van der Waals surface area (Å²) in [4.78, 5) is 25.7. The van der Waals surface area contributed by atoms with Crippen molar-refractivity contribution in [3.63, 3.8) is 0 Å². The molecule has 6 heteroatoms. The van der Waals surface area contributed by atoms with Crippen LogP contribution in [0.2, 0.25) is 0 Å². The lowest BCUT2D eigenvalue weighted by Crippen LogP contribution is -2.18. The van der Waals surface area contributed by atoms with E-state index in [0.717, 1.165) is 27.3 Å². The fraction of sp³-hybridized carbons (Fsp3) is 0.273. The fourth-order valence-corrected chi connectivity index (χ4v) is 3.99. The SMILES string of the molecule is CCOC(=O)c1c(NC(=O)C=CC2=Cc3ccccc3OC2C)sc(C)c1C. The van der Waals surface area contributed by atoms with Crippen molar-refractivity contribution in [1.82, 2.24) is 0 Å². The van der Waals surface area contributed by atoms with Crippen molar-refractivity contribution in [2.24, 2.45) is 0 Å². The predicted octanol–water partition coefficient (Wildman–Crippen LogP) is 4.90. The molecular weight excluding hydrogens is 374 g/mol. The quantitative estimate of drug-likeness (QED) is 0.576. The molecule has 0 saturated heterocycles. The summed E-state index contributed by atoms with van der Waals surface area (Å²) < 4.78 is 11.0.